The third-order valence-electron chi connectivity index (χ3n) is 12.6. The molecule has 0 bridgehead atoms. The van der Waals surface area contributed by atoms with Gasteiger partial charge in [0.05, 0.1) is 0 Å². The molecule has 0 atom stereocenters. The third kappa shape index (κ3) is 4.30. The van der Waals surface area contributed by atoms with Gasteiger partial charge in [0.2, 0.25) is 0 Å². The first-order valence-corrected chi connectivity index (χ1v) is 19.7. The minimum absolute atomic E-state index is 1.23. The summed E-state index contributed by atoms with van der Waals surface area (Å²) in [5, 5.41) is 18.6. The summed E-state index contributed by atoms with van der Waals surface area (Å²) in [6.45, 7) is 4.49. The maximum Gasteiger partial charge on any atom is -0.000697 e. The molecule has 0 nitrogen and oxygen atoms in total. The molecule has 12 aromatic carbocycles. The lowest BCUT2D eigenvalue weighted by atomic mass is 9.83. The molecule has 56 heavy (non-hydrogen) atoms. The van der Waals surface area contributed by atoms with Gasteiger partial charge in [-0.2, -0.15) is 0 Å². The van der Waals surface area contributed by atoms with Crippen LogP contribution in [0.3, 0.4) is 0 Å². The molecule has 0 radical (unpaired) electrons. The maximum absolute atomic E-state index is 2.54. The Balaban J connectivity index is 1.35. The monoisotopic (exact) mass is 708 g/mol. The van der Waals surface area contributed by atoms with Crippen LogP contribution in [0.25, 0.3) is 120 Å². The number of rotatable bonds is 4. The molecule has 0 spiro atoms. The van der Waals surface area contributed by atoms with Crippen LogP contribution in [0.1, 0.15) is 11.1 Å². The first kappa shape index (κ1) is 31.3. The van der Waals surface area contributed by atoms with Crippen molar-refractivity contribution in [3.05, 3.63) is 193 Å². The Labute approximate surface area is 325 Å². The zero-order chi connectivity index (χ0) is 37.1. The van der Waals surface area contributed by atoms with Crippen LogP contribution in [0.5, 0.6) is 0 Å². The molecule has 0 heteroatoms. The Morgan fingerprint density at radius 2 is 0.768 bits per heavy atom. The van der Waals surface area contributed by atoms with Gasteiger partial charge in [-0.1, -0.05) is 164 Å². The quantitative estimate of drug-likeness (QED) is 0.160. The second kappa shape index (κ2) is 11.7. The zero-order valence-electron chi connectivity index (χ0n) is 31.3. The SMILES string of the molecule is Cc1cc2c(cc1C)c1cc3c(-c4ccccc4)c4c5cccc6cc(-c7ccccc7-c7ccccc7)cc(c4c(-c4ccccc4)c3c3cccc2c13)c65. The van der Waals surface area contributed by atoms with E-state index < -0.39 is 0 Å². The van der Waals surface area contributed by atoms with Crippen LogP contribution in [0.4, 0.5) is 0 Å². The summed E-state index contributed by atoms with van der Waals surface area (Å²) < 4.78 is 0. The van der Waals surface area contributed by atoms with Gasteiger partial charge in [0.15, 0.2) is 0 Å². The van der Waals surface area contributed by atoms with Gasteiger partial charge in [0, 0.05) is 0 Å². The van der Waals surface area contributed by atoms with Crippen LogP contribution in [-0.2, 0) is 0 Å². The highest BCUT2D eigenvalue weighted by molar-refractivity contribution is 6.45. The second-order valence-corrected chi connectivity index (χ2v) is 15.6. The standard InChI is InChI=1S/C56H36/c1-33-28-45-42-25-15-27-44-53(42)47(46(45)29-34(33)2)32-49-51(36-18-8-4-9-19-36)55-43-26-14-22-38-30-39(41-24-13-12-23-40(41)35-16-6-3-7-17-35)31-48(50(38)43)56(55)52(54(44)49)37-20-10-5-11-21-37/h3-32H,1-2H3. The Morgan fingerprint density at radius 3 is 1.45 bits per heavy atom. The van der Waals surface area contributed by atoms with Crippen LogP contribution < -0.4 is 0 Å². The average Bonchev–Trinajstić information content (AvgIpc) is 3.74. The minimum atomic E-state index is 1.23. The topological polar surface area (TPSA) is 0 Å². The summed E-state index contributed by atoms with van der Waals surface area (Å²) in [6, 6.07) is 68.2. The van der Waals surface area contributed by atoms with Gasteiger partial charge in [-0.25, -0.2) is 0 Å². The lowest BCUT2D eigenvalue weighted by Gasteiger charge is -2.19. The highest BCUT2D eigenvalue weighted by Crippen LogP contribution is 2.55. The Morgan fingerprint density at radius 1 is 0.250 bits per heavy atom. The molecule has 0 aromatic heterocycles. The molecular formula is C56H36. The maximum atomic E-state index is 2.54. The minimum Gasteiger partial charge on any atom is -0.0622 e. The molecule has 0 amide bonds. The summed E-state index contributed by atoms with van der Waals surface area (Å²) in [5.41, 5.74) is 12.7. The molecule has 0 aliphatic heterocycles. The van der Waals surface area contributed by atoms with Crippen molar-refractivity contribution in [3.63, 3.8) is 0 Å². The number of aryl methyl sites for hydroxylation is 2. The fraction of sp³-hybridized carbons (Fsp3) is 0.0357. The zero-order valence-corrected chi connectivity index (χ0v) is 31.3. The summed E-state index contributed by atoms with van der Waals surface area (Å²) in [7, 11) is 0. The van der Waals surface area contributed by atoms with Gasteiger partial charge in [0.25, 0.3) is 0 Å². The van der Waals surface area contributed by atoms with Crippen molar-refractivity contribution in [3.8, 4) is 44.5 Å². The number of hydrogen-bond donors (Lipinski definition) is 0. The molecule has 0 saturated carbocycles. The molecule has 12 aromatic rings. The first-order valence-electron chi connectivity index (χ1n) is 19.7. The van der Waals surface area contributed by atoms with Crippen molar-refractivity contribution in [1.82, 2.24) is 0 Å². The van der Waals surface area contributed by atoms with Crippen molar-refractivity contribution in [2.75, 3.05) is 0 Å². The highest BCUT2D eigenvalue weighted by atomic mass is 14.3. The second-order valence-electron chi connectivity index (χ2n) is 15.6. The number of hydrogen-bond acceptors (Lipinski definition) is 0. The van der Waals surface area contributed by atoms with Crippen molar-refractivity contribution in [2.24, 2.45) is 0 Å². The van der Waals surface area contributed by atoms with E-state index in [1.54, 1.807) is 0 Å². The molecule has 12 rings (SSSR count). The average molecular weight is 709 g/mol. The number of benzene rings is 10. The smallest absolute Gasteiger partial charge is 0.000697 e. The Bertz CT molecular complexity index is 3500. The first-order chi connectivity index (χ1) is 27.6. The van der Waals surface area contributed by atoms with Gasteiger partial charge in [0.1, 0.15) is 0 Å². The van der Waals surface area contributed by atoms with Gasteiger partial charge in [-0.15, -0.1) is 0 Å². The van der Waals surface area contributed by atoms with Crippen molar-refractivity contribution in [1.29, 1.82) is 0 Å². The fourth-order valence-electron chi connectivity index (χ4n) is 10.1. The van der Waals surface area contributed by atoms with E-state index in [2.05, 4.69) is 196 Å². The van der Waals surface area contributed by atoms with Gasteiger partial charge < -0.3 is 0 Å². The molecule has 0 saturated heterocycles. The molecule has 0 heterocycles. The lowest BCUT2D eigenvalue weighted by molar-refractivity contribution is 1.37. The van der Waals surface area contributed by atoms with Crippen molar-refractivity contribution in [2.45, 2.75) is 13.8 Å². The van der Waals surface area contributed by atoms with E-state index in [4.69, 9.17) is 0 Å². The lowest BCUT2D eigenvalue weighted by Crippen LogP contribution is -1.91. The molecule has 260 valence electrons. The van der Waals surface area contributed by atoms with E-state index in [-0.39, 0.29) is 0 Å². The molecular weight excluding hydrogens is 673 g/mol. The molecule has 0 aliphatic carbocycles. The van der Waals surface area contributed by atoms with Crippen LogP contribution >= 0.6 is 0 Å². The predicted octanol–water partition coefficient (Wildman–Crippen LogP) is 15.9. The van der Waals surface area contributed by atoms with E-state index in [1.807, 2.05) is 0 Å². The predicted molar refractivity (Wildman–Crippen MR) is 243 cm³/mol. The Kier molecular flexibility index (Phi) is 6.57. The van der Waals surface area contributed by atoms with Gasteiger partial charge >= 0.3 is 0 Å². The molecule has 0 fully saturated rings. The van der Waals surface area contributed by atoms with Crippen molar-refractivity contribution < 1.29 is 0 Å². The number of fused-ring (bicyclic) bond motifs is 8. The summed E-state index contributed by atoms with van der Waals surface area (Å²) in [6.07, 6.45) is 0. The summed E-state index contributed by atoms with van der Waals surface area (Å²) >= 11 is 0. The van der Waals surface area contributed by atoms with Crippen LogP contribution in [-0.4, -0.2) is 0 Å². The summed E-state index contributed by atoms with van der Waals surface area (Å²) in [5.74, 6) is 0. The highest BCUT2D eigenvalue weighted by Gasteiger charge is 2.27. The summed E-state index contributed by atoms with van der Waals surface area (Å²) in [4.78, 5) is 0. The normalized spacial score (nSPS) is 12.1. The molecule has 0 N–H and O–H groups in total. The molecule has 0 unspecified atom stereocenters. The van der Waals surface area contributed by atoms with E-state index in [0.29, 0.717) is 0 Å². The van der Waals surface area contributed by atoms with Crippen LogP contribution in [0, 0.1) is 13.8 Å². The van der Waals surface area contributed by atoms with E-state index >= 15 is 0 Å². The van der Waals surface area contributed by atoms with Crippen molar-refractivity contribution >= 4 is 75.4 Å². The van der Waals surface area contributed by atoms with Crippen LogP contribution in [0.15, 0.2) is 182 Å². The van der Waals surface area contributed by atoms with E-state index in [1.165, 1.54) is 131 Å². The molecule has 0 aliphatic rings. The largest absolute Gasteiger partial charge is 0.0622 e. The fourth-order valence-corrected chi connectivity index (χ4v) is 10.1. The Hall–Kier alpha value is -7.02. The van der Waals surface area contributed by atoms with E-state index in [9.17, 15) is 0 Å². The van der Waals surface area contributed by atoms with Gasteiger partial charge in [-0.3, -0.25) is 0 Å². The third-order valence-corrected chi connectivity index (χ3v) is 12.6. The van der Waals surface area contributed by atoms with Crippen LogP contribution in [0.2, 0.25) is 0 Å². The van der Waals surface area contributed by atoms with Gasteiger partial charge in [-0.05, 0) is 163 Å². The van der Waals surface area contributed by atoms with E-state index in [0.717, 1.165) is 0 Å².